The molecule has 0 aromatic heterocycles. The van der Waals surface area contributed by atoms with Gasteiger partial charge in [-0.3, -0.25) is 9.59 Å². The van der Waals surface area contributed by atoms with Gasteiger partial charge >= 0.3 is 0 Å². The maximum absolute atomic E-state index is 13.2. The van der Waals surface area contributed by atoms with Gasteiger partial charge in [0.2, 0.25) is 15.9 Å². The van der Waals surface area contributed by atoms with Gasteiger partial charge in [0.05, 0.1) is 18.1 Å². The van der Waals surface area contributed by atoms with Crippen LogP contribution in [0.25, 0.3) is 0 Å². The number of hydrogen-bond donors (Lipinski definition) is 2. The molecule has 0 radical (unpaired) electrons. The largest absolute Gasteiger partial charge is 0.379 e. The van der Waals surface area contributed by atoms with Crippen molar-refractivity contribution in [1.82, 2.24) is 9.62 Å². The van der Waals surface area contributed by atoms with Crippen molar-refractivity contribution >= 4 is 27.5 Å². The van der Waals surface area contributed by atoms with Gasteiger partial charge in [-0.1, -0.05) is 50.2 Å². The SMILES string of the molecule is Cc1ccc(NC(=O)C(NC(=O)CC(C)C)c2ccccc2)cc1S(=O)(=O)N1CCOCC1. The number of anilines is 1. The van der Waals surface area contributed by atoms with Gasteiger partial charge in [-0.2, -0.15) is 4.31 Å². The smallest absolute Gasteiger partial charge is 0.251 e. The first-order valence-corrected chi connectivity index (χ1v) is 12.5. The number of ether oxygens (including phenoxy) is 1. The van der Waals surface area contributed by atoms with E-state index in [2.05, 4.69) is 10.6 Å². The molecule has 2 aromatic rings. The minimum Gasteiger partial charge on any atom is -0.379 e. The lowest BCUT2D eigenvalue weighted by Crippen LogP contribution is -2.41. The summed E-state index contributed by atoms with van der Waals surface area (Å²) in [5, 5.41) is 5.58. The molecule has 0 aliphatic carbocycles. The third kappa shape index (κ3) is 6.40. The molecule has 0 spiro atoms. The zero-order valence-electron chi connectivity index (χ0n) is 19.2. The van der Waals surface area contributed by atoms with Crippen molar-refractivity contribution in [3.63, 3.8) is 0 Å². The first-order valence-electron chi connectivity index (χ1n) is 11.0. The summed E-state index contributed by atoms with van der Waals surface area (Å²) in [4.78, 5) is 25.7. The summed E-state index contributed by atoms with van der Waals surface area (Å²) in [6, 6.07) is 12.8. The number of nitrogens with one attached hydrogen (secondary N) is 2. The van der Waals surface area contributed by atoms with Gasteiger partial charge in [0.15, 0.2) is 0 Å². The average molecular weight is 474 g/mol. The first kappa shape index (κ1) is 24.9. The fraction of sp³-hybridized carbons (Fsp3) is 0.417. The molecule has 33 heavy (non-hydrogen) atoms. The maximum Gasteiger partial charge on any atom is 0.251 e. The number of rotatable bonds is 8. The number of nitrogens with zero attached hydrogens (tertiary/aromatic N) is 1. The predicted molar refractivity (Wildman–Crippen MR) is 126 cm³/mol. The number of sulfonamides is 1. The maximum atomic E-state index is 13.2. The summed E-state index contributed by atoms with van der Waals surface area (Å²) in [5.41, 5.74) is 1.57. The topological polar surface area (TPSA) is 105 Å². The van der Waals surface area contributed by atoms with Crippen LogP contribution in [-0.4, -0.2) is 50.8 Å². The van der Waals surface area contributed by atoms with Gasteiger partial charge in [0.25, 0.3) is 5.91 Å². The molecule has 1 unspecified atom stereocenters. The second-order valence-corrected chi connectivity index (χ2v) is 10.4. The highest BCUT2D eigenvalue weighted by Crippen LogP contribution is 2.25. The van der Waals surface area contributed by atoms with Gasteiger partial charge in [-0.15, -0.1) is 0 Å². The minimum atomic E-state index is -3.72. The lowest BCUT2D eigenvalue weighted by molar-refractivity contribution is -0.127. The molecule has 1 aliphatic rings. The summed E-state index contributed by atoms with van der Waals surface area (Å²) < 4.78 is 33.0. The standard InChI is InChI=1S/C24H31N3O5S/c1-17(2)15-22(28)26-23(19-7-5-4-6-8-19)24(29)25-20-10-9-18(3)21(16-20)33(30,31)27-11-13-32-14-12-27/h4-10,16-17,23H,11-15H2,1-3H3,(H,25,29)(H,26,28). The molecule has 0 saturated carbocycles. The van der Waals surface area contributed by atoms with Crippen molar-refractivity contribution in [2.45, 2.75) is 38.1 Å². The number of morpholine rings is 1. The molecule has 1 aliphatic heterocycles. The fourth-order valence-corrected chi connectivity index (χ4v) is 5.29. The van der Waals surface area contributed by atoms with Gasteiger partial charge in [0, 0.05) is 25.2 Å². The molecule has 2 N–H and O–H groups in total. The third-order valence-electron chi connectivity index (χ3n) is 5.34. The molecule has 1 heterocycles. The van der Waals surface area contributed by atoms with Crippen molar-refractivity contribution in [3.05, 3.63) is 59.7 Å². The number of aryl methyl sites for hydroxylation is 1. The Morgan fingerprint density at radius 2 is 1.73 bits per heavy atom. The lowest BCUT2D eigenvalue weighted by Gasteiger charge is -2.27. The Balaban J connectivity index is 1.85. The molecular weight excluding hydrogens is 442 g/mol. The van der Waals surface area contributed by atoms with Crippen LogP contribution in [0.15, 0.2) is 53.4 Å². The molecule has 9 heteroatoms. The number of carbonyl (C=O) groups is 2. The number of carbonyl (C=O) groups excluding carboxylic acids is 2. The van der Waals surface area contributed by atoms with E-state index in [1.807, 2.05) is 19.9 Å². The van der Waals surface area contributed by atoms with Crippen LogP contribution in [0.4, 0.5) is 5.69 Å². The van der Waals surface area contributed by atoms with Gasteiger partial charge in [0.1, 0.15) is 6.04 Å². The quantitative estimate of drug-likeness (QED) is 0.613. The molecule has 2 aromatic carbocycles. The van der Waals surface area contributed by atoms with Crippen LogP contribution in [-0.2, 0) is 24.3 Å². The van der Waals surface area contributed by atoms with Crippen molar-refractivity contribution in [1.29, 1.82) is 0 Å². The van der Waals surface area contributed by atoms with Crippen molar-refractivity contribution in [3.8, 4) is 0 Å². The number of benzene rings is 2. The van der Waals surface area contributed by atoms with Crippen molar-refractivity contribution in [2.24, 2.45) is 5.92 Å². The monoisotopic (exact) mass is 473 g/mol. The van der Waals surface area contributed by atoms with E-state index >= 15 is 0 Å². The third-order valence-corrected chi connectivity index (χ3v) is 7.38. The summed E-state index contributed by atoms with van der Waals surface area (Å²) in [6.07, 6.45) is 0.295. The van der Waals surface area contributed by atoms with E-state index in [1.165, 1.54) is 10.4 Å². The Morgan fingerprint density at radius 3 is 2.36 bits per heavy atom. The van der Waals surface area contributed by atoms with E-state index < -0.39 is 22.0 Å². The molecule has 3 rings (SSSR count). The van der Waals surface area contributed by atoms with E-state index in [0.29, 0.717) is 36.4 Å². The molecule has 0 bridgehead atoms. The van der Waals surface area contributed by atoms with Crippen LogP contribution >= 0.6 is 0 Å². The van der Waals surface area contributed by atoms with Crippen LogP contribution < -0.4 is 10.6 Å². The van der Waals surface area contributed by atoms with Gasteiger partial charge in [-0.25, -0.2) is 8.42 Å². The van der Waals surface area contributed by atoms with Crippen LogP contribution in [0.3, 0.4) is 0 Å². The van der Waals surface area contributed by atoms with Crippen LogP contribution in [0.2, 0.25) is 0 Å². The highest BCUT2D eigenvalue weighted by molar-refractivity contribution is 7.89. The minimum absolute atomic E-state index is 0.141. The highest BCUT2D eigenvalue weighted by atomic mass is 32.2. The predicted octanol–water partition coefficient (Wildman–Crippen LogP) is 2.86. The first-order chi connectivity index (χ1) is 15.7. The van der Waals surface area contributed by atoms with E-state index in [-0.39, 0.29) is 29.8 Å². The van der Waals surface area contributed by atoms with Crippen molar-refractivity contribution in [2.75, 3.05) is 31.6 Å². The second kappa shape index (κ2) is 10.9. The molecule has 2 amide bonds. The Labute approximate surface area is 195 Å². The Kier molecular flexibility index (Phi) is 8.23. The molecule has 1 fully saturated rings. The van der Waals surface area contributed by atoms with E-state index in [9.17, 15) is 18.0 Å². The summed E-state index contributed by atoms with van der Waals surface area (Å²) >= 11 is 0. The summed E-state index contributed by atoms with van der Waals surface area (Å²) in [7, 11) is -3.72. The van der Waals surface area contributed by atoms with E-state index in [4.69, 9.17) is 4.74 Å². The number of amides is 2. The van der Waals surface area contributed by atoms with Crippen LogP contribution in [0, 0.1) is 12.8 Å². The van der Waals surface area contributed by atoms with Gasteiger partial charge < -0.3 is 15.4 Å². The second-order valence-electron chi connectivity index (χ2n) is 8.50. The fourth-order valence-electron chi connectivity index (χ4n) is 3.63. The van der Waals surface area contributed by atoms with Gasteiger partial charge in [-0.05, 0) is 36.1 Å². The molecule has 1 saturated heterocycles. The molecular formula is C24H31N3O5S. The average Bonchev–Trinajstić information content (AvgIpc) is 2.79. The molecule has 178 valence electrons. The normalized spacial score (nSPS) is 15.8. The van der Waals surface area contributed by atoms with E-state index in [0.717, 1.165) is 0 Å². The summed E-state index contributed by atoms with van der Waals surface area (Å²) in [6.45, 7) is 6.86. The number of hydrogen-bond acceptors (Lipinski definition) is 5. The Morgan fingerprint density at radius 1 is 1.06 bits per heavy atom. The van der Waals surface area contributed by atoms with Crippen LogP contribution in [0.5, 0.6) is 0 Å². The summed E-state index contributed by atoms with van der Waals surface area (Å²) in [5.74, 6) is -0.528. The Hall–Kier alpha value is -2.75. The van der Waals surface area contributed by atoms with Crippen LogP contribution in [0.1, 0.15) is 37.4 Å². The Bertz CT molecular complexity index is 1080. The van der Waals surface area contributed by atoms with E-state index in [1.54, 1.807) is 43.3 Å². The van der Waals surface area contributed by atoms with Crippen molar-refractivity contribution < 1.29 is 22.7 Å². The lowest BCUT2D eigenvalue weighted by atomic mass is 10.0. The molecule has 8 nitrogen and oxygen atoms in total. The highest BCUT2D eigenvalue weighted by Gasteiger charge is 2.29. The zero-order chi connectivity index (χ0) is 24.0. The zero-order valence-corrected chi connectivity index (χ0v) is 20.0. The molecule has 1 atom stereocenters.